The van der Waals surface area contributed by atoms with E-state index >= 15 is 0 Å². The van der Waals surface area contributed by atoms with Crippen LogP contribution < -0.4 is 0 Å². The van der Waals surface area contributed by atoms with Crippen molar-refractivity contribution in [3.63, 3.8) is 0 Å². The van der Waals surface area contributed by atoms with Gasteiger partial charge in [-0.15, -0.1) is 0 Å². The first-order valence-electron chi connectivity index (χ1n) is 21.5. The van der Waals surface area contributed by atoms with Gasteiger partial charge in [0.1, 0.15) is 0 Å². The van der Waals surface area contributed by atoms with Gasteiger partial charge in [-0.2, -0.15) is 0 Å². The van der Waals surface area contributed by atoms with Gasteiger partial charge in [-0.3, -0.25) is 0 Å². The molecule has 0 spiro atoms. The maximum Gasteiger partial charge on any atom is -0.00137 e. The summed E-state index contributed by atoms with van der Waals surface area (Å²) < 4.78 is 0. The van der Waals surface area contributed by atoms with Gasteiger partial charge in [-0.25, -0.2) is 0 Å². The molecule has 0 heterocycles. The van der Waals surface area contributed by atoms with Crippen molar-refractivity contribution in [1.29, 1.82) is 0 Å². The molecule has 12 rings (SSSR count). The van der Waals surface area contributed by atoms with Crippen LogP contribution in [-0.4, -0.2) is 0 Å². The largest absolute Gasteiger partial charge is 0.0622 e. The van der Waals surface area contributed by atoms with Crippen molar-refractivity contribution in [2.24, 2.45) is 0 Å². The van der Waals surface area contributed by atoms with Crippen LogP contribution in [0.3, 0.4) is 0 Å². The van der Waals surface area contributed by atoms with Crippen LogP contribution in [-0.2, 0) is 0 Å². The summed E-state index contributed by atoms with van der Waals surface area (Å²) in [6.45, 7) is 0. The fourth-order valence-corrected chi connectivity index (χ4v) is 9.71. The molecule has 0 aromatic heterocycles. The summed E-state index contributed by atoms with van der Waals surface area (Å²) in [6, 6.07) is 89.2. The third-order valence-corrected chi connectivity index (χ3v) is 12.9. The maximum absolute atomic E-state index is 2.43. The van der Waals surface area contributed by atoms with E-state index in [2.05, 4.69) is 243 Å². The highest BCUT2D eigenvalue weighted by atomic mass is 14.2. The van der Waals surface area contributed by atoms with E-state index in [1.807, 2.05) is 0 Å². The lowest BCUT2D eigenvalue weighted by Crippen LogP contribution is -1.90. The lowest BCUT2D eigenvalue weighted by molar-refractivity contribution is 1.58. The zero-order valence-electron chi connectivity index (χ0n) is 34.1. The Hall–Kier alpha value is -8.06. The Bertz CT molecular complexity index is 3360. The van der Waals surface area contributed by atoms with Gasteiger partial charge in [-0.1, -0.05) is 231 Å². The standard InChI is InChI=1S/C62H40/c1-3-11-41(12-4-1)43-19-23-45(24-20-43)47-27-31-49(32-28-47)51-35-37-55-56-38-36-52(50-33-29-48(30-34-50)46-25-21-44(22-26-46)42-13-5-2-6-14-42)40-60(56)62-58-18-10-8-16-54(58)53-15-7-9-17-57(53)61(62)59(55)39-51/h1-40H. The van der Waals surface area contributed by atoms with Crippen LogP contribution in [0.5, 0.6) is 0 Å². The van der Waals surface area contributed by atoms with Crippen molar-refractivity contribution in [2.45, 2.75) is 0 Å². The fourth-order valence-electron chi connectivity index (χ4n) is 9.71. The highest BCUT2D eigenvalue weighted by Crippen LogP contribution is 2.46. The molecule has 0 radical (unpaired) electrons. The van der Waals surface area contributed by atoms with Crippen LogP contribution in [0, 0.1) is 0 Å². The first kappa shape index (κ1) is 35.8. The molecule has 0 aliphatic rings. The van der Waals surface area contributed by atoms with Gasteiger partial charge < -0.3 is 0 Å². The summed E-state index contributed by atoms with van der Waals surface area (Å²) in [5, 5.41) is 12.9. The Balaban J connectivity index is 0.970. The molecule has 0 saturated carbocycles. The summed E-state index contributed by atoms with van der Waals surface area (Å²) in [5.41, 5.74) is 14.6. The summed E-state index contributed by atoms with van der Waals surface area (Å²) in [7, 11) is 0. The molecule has 0 atom stereocenters. The van der Waals surface area contributed by atoms with Gasteiger partial charge in [-0.05, 0) is 133 Å². The second-order valence-corrected chi connectivity index (χ2v) is 16.4. The van der Waals surface area contributed by atoms with E-state index < -0.39 is 0 Å². The van der Waals surface area contributed by atoms with Gasteiger partial charge in [0, 0.05) is 0 Å². The van der Waals surface area contributed by atoms with E-state index in [0.29, 0.717) is 0 Å². The molecule has 0 aliphatic carbocycles. The molecule has 0 fully saturated rings. The van der Waals surface area contributed by atoms with E-state index in [4.69, 9.17) is 0 Å². The molecule has 0 unspecified atom stereocenters. The van der Waals surface area contributed by atoms with Crippen LogP contribution in [0.25, 0.3) is 121 Å². The summed E-state index contributed by atoms with van der Waals surface area (Å²) in [4.78, 5) is 0. The number of rotatable bonds is 6. The third kappa shape index (κ3) is 6.16. The van der Waals surface area contributed by atoms with Crippen LogP contribution >= 0.6 is 0 Å². The van der Waals surface area contributed by atoms with Crippen molar-refractivity contribution >= 4 is 53.9 Å². The summed E-state index contributed by atoms with van der Waals surface area (Å²) in [5.74, 6) is 0. The van der Waals surface area contributed by atoms with Crippen LogP contribution in [0.4, 0.5) is 0 Å². The molecular weight excluding hydrogens is 745 g/mol. The first-order chi connectivity index (χ1) is 30.7. The molecule has 12 aromatic rings. The monoisotopic (exact) mass is 784 g/mol. The normalized spacial score (nSPS) is 11.5. The van der Waals surface area contributed by atoms with Gasteiger partial charge in [0.15, 0.2) is 0 Å². The molecule has 0 nitrogen and oxygen atoms in total. The van der Waals surface area contributed by atoms with Crippen LogP contribution in [0.1, 0.15) is 0 Å². The van der Waals surface area contributed by atoms with E-state index in [9.17, 15) is 0 Å². The molecule has 0 aliphatic heterocycles. The Kier molecular flexibility index (Phi) is 8.61. The Labute approximate surface area is 361 Å². The van der Waals surface area contributed by atoms with E-state index in [1.54, 1.807) is 0 Å². The molecule has 0 heteroatoms. The van der Waals surface area contributed by atoms with Crippen molar-refractivity contribution in [3.05, 3.63) is 243 Å². The van der Waals surface area contributed by atoms with Gasteiger partial charge in [0.05, 0.1) is 0 Å². The van der Waals surface area contributed by atoms with Gasteiger partial charge in [0.25, 0.3) is 0 Å². The molecular formula is C62H40. The number of fused-ring (bicyclic) bond motifs is 11. The lowest BCUT2D eigenvalue weighted by atomic mass is 9.85. The molecule has 0 amide bonds. The van der Waals surface area contributed by atoms with Crippen LogP contribution in [0.15, 0.2) is 243 Å². The minimum atomic E-state index is 1.21. The average Bonchev–Trinajstić information content (AvgIpc) is 3.36. The first-order valence-corrected chi connectivity index (χ1v) is 21.5. The van der Waals surface area contributed by atoms with E-state index in [1.165, 1.54) is 121 Å². The summed E-state index contributed by atoms with van der Waals surface area (Å²) in [6.07, 6.45) is 0. The Morgan fingerprint density at radius 1 is 0.129 bits per heavy atom. The van der Waals surface area contributed by atoms with Crippen molar-refractivity contribution in [1.82, 2.24) is 0 Å². The molecule has 62 heavy (non-hydrogen) atoms. The van der Waals surface area contributed by atoms with Gasteiger partial charge in [0.2, 0.25) is 0 Å². The molecule has 288 valence electrons. The lowest BCUT2D eigenvalue weighted by Gasteiger charge is -2.18. The maximum atomic E-state index is 2.43. The number of hydrogen-bond donors (Lipinski definition) is 0. The molecule has 0 bridgehead atoms. The molecule has 12 aromatic carbocycles. The molecule has 0 saturated heterocycles. The highest BCUT2D eigenvalue weighted by Gasteiger charge is 2.17. The fraction of sp³-hybridized carbons (Fsp3) is 0. The minimum Gasteiger partial charge on any atom is -0.0622 e. The zero-order chi connectivity index (χ0) is 41.0. The van der Waals surface area contributed by atoms with Gasteiger partial charge >= 0.3 is 0 Å². The van der Waals surface area contributed by atoms with E-state index in [0.717, 1.165) is 0 Å². The second-order valence-electron chi connectivity index (χ2n) is 16.4. The summed E-state index contributed by atoms with van der Waals surface area (Å²) >= 11 is 0. The topological polar surface area (TPSA) is 0 Å². The van der Waals surface area contributed by atoms with Crippen molar-refractivity contribution in [3.8, 4) is 66.8 Å². The SMILES string of the molecule is c1ccc(-c2ccc(-c3ccc(-c4ccc5c6ccc(-c7ccc(-c8ccc(-c9ccccc9)cc8)cc7)cc6c6c7ccccc7c7ccccc7c6c5c4)cc3)cc2)cc1. The van der Waals surface area contributed by atoms with E-state index in [-0.39, 0.29) is 0 Å². The second kappa shape index (κ2) is 14.9. The van der Waals surface area contributed by atoms with Crippen molar-refractivity contribution < 1.29 is 0 Å². The Morgan fingerprint density at radius 3 is 0.645 bits per heavy atom. The Morgan fingerprint density at radius 2 is 0.339 bits per heavy atom. The van der Waals surface area contributed by atoms with Crippen molar-refractivity contribution in [2.75, 3.05) is 0 Å². The molecule has 0 N–H and O–H groups in total. The highest BCUT2D eigenvalue weighted by molar-refractivity contribution is 6.39. The number of benzene rings is 12. The third-order valence-electron chi connectivity index (χ3n) is 12.9. The quantitative estimate of drug-likeness (QED) is 0.147. The number of hydrogen-bond acceptors (Lipinski definition) is 0. The minimum absolute atomic E-state index is 1.21. The zero-order valence-corrected chi connectivity index (χ0v) is 34.1. The average molecular weight is 785 g/mol. The predicted octanol–water partition coefficient (Wildman–Crippen LogP) is 17.5. The van der Waals surface area contributed by atoms with Crippen LogP contribution in [0.2, 0.25) is 0 Å². The smallest absolute Gasteiger partial charge is 0.00137 e. The predicted molar refractivity (Wildman–Crippen MR) is 267 cm³/mol.